The van der Waals surface area contributed by atoms with Crippen molar-refractivity contribution >= 4 is 17.7 Å². The van der Waals surface area contributed by atoms with Gasteiger partial charge < -0.3 is 10.1 Å². The van der Waals surface area contributed by atoms with Gasteiger partial charge in [-0.15, -0.1) is 0 Å². The fraction of sp³-hybridized carbons (Fsp3) is 0.364. The molecule has 0 aromatic heterocycles. The van der Waals surface area contributed by atoms with Crippen molar-refractivity contribution in [1.82, 2.24) is 5.32 Å². The number of amides is 1. The number of halogens is 7. The van der Waals surface area contributed by atoms with E-state index in [9.17, 15) is 31.1 Å². The van der Waals surface area contributed by atoms with Gasteiger partial charge in [0.15, 0.2) is 6.61 Å². The number of rotatable bonds is 1. The first-order valence-corrected chi connectivity index (χ1v) is 5.78. The number of alkyl carbamates (subject to hydrolysis) is 1. The summed E-state index contributed by atoms with van der Waals surface area (Å²) in [7, 11) is 0. The zero-order valence-electron chi connectivity index (χ0n) is 9.90. The molecule has 0 spiro atoms. The molecule has 21 heavy (non-hydrogen) atoms. The van der Waals surface area contributed by atoms with E-state index in [1.807, 2.05) is 0 Å². The van der Waals surface area contributed by atoms with Gasteiger partial charge in [0.05, 0.1) is 10.6 Å². The molecule has 1 aromatic carbocycles. The molecule has 0 saturated carbocycles. The molecule has 1 fully saturated rings. The van der Waals surface area contributed by atoms with Crippen LogP contribution in [0.5, 0.6) is 0 Å². The number of cyclic esters (lactones) is 1. The summed E-state index contributed by atoms with van der Waals surface area (Å²) >= 11 is 5.35. The highest BCUT2D eigenvalue weighted by molar-refractivity contribution is 6.30. The number of nitrogens with one attached hydrogen (secondary N) is 1. The van der Waals surface area contributed by atoms with Crippen LogP contribution < -0.4 is 5.32 Å². The van der Waals surface area contributed by atoms with Crippen LogP contribution >= 0.6 is 11.6 Å². The van der Waals surface area contributed by atoms with E-state index < -0.39 is 52.8 Å². The number of benzene rings is 1. The number of carbonyl (C=O) groups is 1. The Labute approximate surface area is 118 Å². The van der Waals surface area contributed by atoms with E-state index >= 15 is 0 Å². The van der Waals surface area contributed by atoms with Crippen molar-refractivity contribution in [3.8, 4) is 0 Å². The third-order valence-electron chi connectivity index (χ3n) is 2.81. The van der Waals surface area contributed by atoms with Crippen LogP contribution in [0, 0.1) is 5.82 Å². The molecule has 2 rings (SSSR count). The third kappa shape index (κ3) is 2.87. The second kappa shape index (κ2) is 4.97. The maximum Gasteiger partial charge on any atom is 0.416 e. The zero-order valence-corrected chi connectivity index (χ0v) is 10.7. The highest BCUT2D eigenvalue weighted by atomic mass is 35.5. The quantitative estimate of drug-likeness (QED) is 0.791. The van der Waals surface area contributed by atoms with Crippen molar-refractivity contribution in [2.45, 2.75) is 18.1 Å². The van der Waals surface area contributed by atoms with Gasteiger partial charge in [-0.3, -0.25) is 0 Å². The van der Waals surface area contributed by atoms with Crippen LogP contribution in [0.4, 0.5) is 31.1 Å². The van der Waals surface area contributed by atoms with Gasteiger partial charge in [-0.1, -0.05) is 11.6 Å². The van der Waals surface area contributed by atoms with Gasteiger partial charge in [-0.25, -0.2) is 18.0 Å². The van der Waals surface area contributed by atoms with Crippen LogP contribution in [-0.2, 0) is 10.9 Å². The van der Waals surface area contributed by atoms with Gasteiger partial charge in [0, 0.05) is 5.56 Å². The summed E-state index contributed by atoms with van der Waals surface area (Å²) in [5, 5.41) is 0.725. The van der Waals surface area contributed by atoms with E-state index in [0.717, 1.165) is 0 Å². The van der Waals surface area contributed by atoms with E-state index in [-0.39, 0.29) is 0 Å². The lowest BCUT2D eigenvalue weighted by molar-refractivity contribution is -0.142. The zero-order chi connectivity index (χ0) is 16.0. The van der Waals surface area contributed by atoms with Crippen LogP contribution in [0.3, 0.4) is 0 Å². The molecule has 116 valence electrons. The molecule has 0 unspecified atom stereocenters. The lowest BCUT2D eigenvalue weighted by Crippen LogP contribution is -2.50. The van der Waals surface area contributed by atoms with Gasteiger partial charge in [0.25, 0.3) is 0 Å². The predicted octanol–water partition coefficient (Wildman–Crippen LogP) is 3.91. The van der Waals surface area contributed by atoms with Gasteiger partial charge in [0.2, 0.25) is 0 Å². The van der Waals surface area contributed by atoms with Crippen LogP contribution in [0.2, 0.25) is 5.02 Å². The minimum atomic E-state index is -5.10. The monoisotopic (exact) mass is 333 g/mol. The topological polar surface area (TPSA) is 38.3 Å². The largest absolute Gasteiger partial charge is 0.443 e. The second-order valence-electron chi connectivity index (χ2n) is 4.23. The van der Waals surface area contributed by atoms with Crippen molar-refractivity contribution in [2.24, 2.45) is 0 Å². The fourth-order valence-electron chi connectivity index (χ4n) is 1.89. The highest BCUT2D eigenvalue weighted by Crippen LogP contribution is 2.43. The van der Waals surface area contributed by atoms with E-state index in [4.69, 9.17) is 11.6 Å². The first kappa shape index (κ1) is 15.7. The van der Waals surface area contributed by atoms with Crippen molar-refractivity contribution in [2.75, 3.05) is 6.61 Å². The number of carbonyl (C=O) groups excluding carboxylic acids is 1. The Morgan fingerprint density at radius 2 is 1.95 bits per heavy atom. The Bertz CT molecular complexity index is 589. The van der Waals surface area contributed by atoms with Crippen LogP contribution in [0.1, 0.15) is 17.2 Å². The molecule has 1 heterocycles. The standard InChI is InChI=1S/C11H6ClF6NO2/c12-5-2-1-4(11(16,17)18)6(7(5)13)8-10(14,15)3-21-9(20)19-8/h1-2,8H,3H2,(H,19,20)/t8-/m1/s1. The maximum absolute atomic E-state index is 13.9. The summed E-state index contributed by atoms with van der Waals surface area (Å²) in [5.41, 5.74) is -3.06. The molecule has 1 aliphatic heterocycles. The Balaban J connectivity index is 2.66. The van der Waals surface area contributed by atoms with E-state index in [1.54, 1.807) is 0 Å². The van der Waals surface area contributed by atoms with Crippen LogP contribution in [0.15, 0.2) is 12.1 Å². The Morgan fingerprint density at radius 3 is 2.52 bits per heavy atom. The SMILES string of the molecule is O=C1N[C@H](c2c(C(F)(F)F)ccc(Cl)c2F)C(F)(F)CO1. The van der Waals surface area contributed by atoms with Gasteiger partial charge >= 0.3 is 18.2 Å². The number of alkyl halides is 5. The fourth-order valence-corrected chi connectivity index (χ4v) is 2.05. The summed E-state index contributed by atoms with van der Waals surface area (Å²) in [4.78, 5) is 11.0. The number of hydrogen-bond donors (Lipinski definition) is 1. The molecule has 1 atom stereocenters. The van der Waals surface area contributed by atoms with E-state index in [2.05, 4.69) is 4.74 Å². The summed E-state index contributed by atoms with van der Waals surface area (Å²) in [6.45, 7) is -1.47. The van der Waals surface area contributed by atoms with Gasteiger partial charge in [-0.2, -0.15) is 13.2 Å². The molecular weight excluding hydrogens is 328 g/mol. The molecule has 1 aliphatic rings. The van der Waals surface area contributed by atoms with E-state index in [0.29, 0.717) is 12.1 Å². The smallest absolute Gasteiger partial charge is 0.416 e. The Morgan fingerprint density at radius 1 is 1.33 bits per heavy atom. The minimum absolute atomic E-state index is 0.373. The second-order valence-corrected chi connectivity index (χ2v) is 4.64. The molecule has 0 aliphatic carbocycles. The normalized spacial score (nSPS) is 21.7. The van der Waals surface area contributed by atoms with Gasteiger partial charge in [-0.05, 0) is 12.1 Å². The first-order chi connectivity index (χ1) is 9.54. The summed E-state index contributed by atoms with van der Waals surface area (Å²) in [5.74, 6) is -5.60. The van der Waals surface area contributed by atoms with Crippen LogP contribution in [0.25, 0.3) is 0 Å². The molecule has 1 amide bonds. The van der Waals surface area contributed by atoms with E-state index in [1.165, 1.54) is 5.32 Å². The minimum Gasteiger partial charge on any atom is -0.443 e. The molecule has 1 N–H and O–H groups in total. The van der Waals surface area contributed by atoms with Crippen LogP contribution in [-0.4, -0.2) is 18.6 Å². The van der Waals surface area contributed by atoms with Crippen molar-refractivity contribution in [3.63, 3.8) is 0 Å². The first-order valence-electron chi connectivity index (χ1n) is 5.40. The third-order valence-corrected chi connectivity index (χ3v) is 3.10. The molecule has 0 radical (unpaired) electrons. The maximum atomic E-state index is 13.9. The lowest BCUT2D eigenvalue weighted by Gasteiger charge is -2.33. The average molecular weight is 334 g/mol. The summed E-state index contributed by atoms with van der Waals surface area (Å²) < 4.78 is 83.9. The molecule has 10 heteroatoms. The van der Waals surface area contributed by atoms with Gasteiger partial charge in [0.1, 0.15) is 11.9 Å². The summed E-state index contributed by atoms with van der Waals surface area (Å²) in [6.07, 6.45) is -6.47. The predicted molar refractivity (Wildman–Crippen MR) is 58.6 cm³/mol. The van der Waals surface area contributed by atoms with Crippen molar-refractivity contribution < 1.29 is 35.9 Å². The molecule has 0 bridgehead atoms. The van der Waals surface area contributed by atoms with Crippen molar-refractivity contribution in [3.05, 3.63) is 34.1 Å². The lowest BCUT2D eigenvalue weighted by atomic mass is 9.94. The molecular formula is C11H6ClF6NO2. The number of hydrogen-bond acceptors (Lipinski definition) is 2. The molecule has 1 saturated heterocycles. The molecule has 3 nitrogen and oxygen atoms in total. The average Bonchev–Trinajstić information content (AvgIpc) is 2.34. The molecule has 1 aromatic rings. The Kier molecular flexibility index (Phi) is 3.73. The Hall–Kier alpha value is -1.64. The van der Waals surface area contributed by atoms with Crippen molar-refractivity contribution in [1.29, 1.82) is 0 Å². The summed E-state index contributed by atoms with van der Waals surface area (Å²) in [6, 6.07) is -1.56. The highest BCUT2D eigenvalue weighted by Gasteiger charge is 2.51. The number of ether oxygens (including phenoxy) is 1.